The summed E-state index contributed by atoms with van der Waals surface area (Å²) in [5.41, 5.74) is -1.00. The molecule has 0 unspecified atom stereocenters. The summed E-state index contributed by atoms with van der Waals surface area (Å²) in [6.07, 6.45) is 0.535. The van der Waals surface area contributed by atoms with Crippen molar-refractivity contribution in [1.82, 2.24) is 0 Å². The maximum atomic E-state index is 12.9. The average Bonchev–Trinajstić information content (AvgIpc) is 2.32. The lowest BCUT2D eigenvalue weighted by Gasteiger charge is -2.23. The molecule has 94 valence electrons. The SMILES string of the molecule is CCC(O)(CC)C(=O)Cc1ccc(F)c(F)c1. The molecule has 0 amide bonds. The molecule has 0 bridgehead atoms. The number of carbonyl (C=O) groups is 1. The highest BCUT2D eigenvalue weighted by atomic mass is 19.2. The van der Waals surface area contributed by atoms with Gasteiger partial charge in [-0.3, -0.25) is 4.79 Å². The van der Waals surface area contributed by atoms with E-state index in [-0.39, 0.29) is 12.2 Å². The van der Waals surface area contributed by atoms with E-state index in [0.717, 1.165) is 12.1 Å². The quantitative estimate of drug-likeness (QED) is 0.861. The van der Waals surface area contributed by atoms with E-state index in [1.807, 2.05) is 0 Å². The highest BCUT2D eigenvalue weighted by Crippen LogP contribution is 2.19. The Hall–Kier alpha value is -1.29. The molecular formula is C13H16F2O2. The first-order valence-corrected chi connectivity index (χ1v) is 5.62. The fourth-order valence-corrected chi connectivity index (χ4v) is 1.64. The van der Waals surface area contributed by atoms with Gasteiger partial charge in [0.1, 0.15) is 5.60 Å². The van der Waals surface area contributed by atoms with Crippen LogP contribution in [0.2, 0.25) is 0 Å². The van der Waals surface area contributed by atoms with E-state index < -0.39 is 17.2 Å². The summed E-state index contributed by atoms with van der Waals surface area (Å²) >= 11 is 0. The first-order chi connectivity index (χ1) is 7.92. The van der Waals surface area contributed by atoms with Crippen LogP contribution in [0.3, 0.4) is 0 Å². The van der Waals surface area contributed by atoms with Crippen molar-refractivity contribution in [2.45, 2.75) is 38.7 Å². The number of hydrogen-bond donors (Lipinski definition) is 1. The van der Waals surface area contributed by atoms with Crippen LogP contribution in [0.4, 0.5) is 8.78 Å². The molecule has 4 heteroatoms. The van der Waals surface area contributed by atoms with Crippen LogP contribution in [0.1, 0.15) is 32.3 Å². The van der Waals surface area contributed by atoms with Crippen molar-refractivity contribution in [2.24, 2.45) is 0 Å². The Labute approximate surface area is 99.3 Å². The first-order valence-electron chi connectivity index (χ1n) is 5.62. The normalized spacial score (nSPS) is 11.6. The van der Waals surface area contributed by atoms with Crippen LogP contribution in [0.5, 0.6) is 0 Å². The maximum Gasteiger partial charge on any atom is 0.168 e. The van der Waals surface area contributed by atoms with Crippen molar-refractivity contribution >= 4 is 5.78 Å². The molecule has 0 aromatic heterocycles. The highest BCUT2D eigenvalue weighted by molar-refractivity contribution is 5.88. The van der Waals surface area contributed by atoms with Gasteiger partial charge in [0, 0.05) is 6.42 Å². The molecular weight excluding hydrogens is 226 g/mol. The predicted molar refractivity (Wildman–Crippen MR) is 60.6 cm³/mol. The number of ketones is 1. The maximum absolute atomic E-state index is 12.9. The molecule has 0 aliphatic carbocycles. The minimum Gasteiger partial charge on any atom is -0.382 e. The lowest BCUT2D eigenvalue weighted by atomic mass is 9.88. The summed E-state index contributed by atoms with van der Waals surface area (Å²) in [6.45, 7) is 3.43. The van der Waals surface area contributed by atoms with Crippen molar-refractivity contribution in [3.8, 4) is 0 Å². The van der Waals surface area contributed by atoms with E-state index in [0.29, 0.717) is 18.4 Å². The van der Waals surface area contributed by atoms with Crippen LogP contribution < -0.4 is 0 Å². The minimum atomic E-state index is -1.37. The summed E-state index contributed by atoms with van der Waals surface area (Å²) < 4.78 is 25.6. The van der Waals surface area contributed by atoms with Gasteiger partial charge in [-0.1, -0.05) is 19.9 Å². The van der Waals surface area contributed by atoms with Gasteiger partial charge in [0.25, 0.3) is 0 Å². The molecule has 1 N–H and O–H groups in total. The van der Waals surface area contributed by atoms with Gasteiger partial charge in [-0.05, 0) is 30.5 Å². The van der Waals surface area contributed by atoms with Crippen molar-refractivity contribution in [1.29, 1.82) is 0 Å². The van der Waals surface area contributed by atoms with Gasteiger partial charge in [0.2, 0.25) is 0 Å². The Morgan fingerprint density at radius 1 is 1.24 bits per heavy atom. The van der Waals surface area contributed by atoms with Crippen LogP contribution >= 0.6 is 0 Å². The standard InChI is InChI=1S/C13H16F2O2/c1-3-13(17,4-2)12(16)8-9-5-6-10(14)11(15)7-9/h5-7,17H,3-4,8H2,1-2H3. The van der Waals surface area contributed by atoms with Gasteiger partial charge in [-0.2, -0.15) is 0 Å². The van der Waals surface area contributed by atoms with Crippen LogP contribution in [0.15, 0.2) is 18.2 Å². The fourth-order valence-electron chi connectivity index (χ4n) is 1.64. The van der Waals surface area contributed by atoms with Crippen molar-refractivity contribution in [3.63, 3.8) is 0 Å². The first kappa shape index (κ1) is 13.8. The molecule has 0 heterocycles. The number of benzene rings is 1. The van der Waals surface area contributed by atoms with Crippen LogP contribution in [0, 0.1) is 11.6 Å². The average molecular weight is 242 g/mol. The summed E-state index contributed by atoms with van der Waals surface area (Å²) in [4.78, 5) is 11.8. The molecule has 0 spiro atoms. The van der Waals surface area contributed by atoms with Crippen LogP contribution in [-0.4, -0.2) is 16.5 Å². The molecule has 0 aliphatic rings. The third kappa shape index (κ3) is 3.09. The van der Waals surface area contributed by atoms with Crippen LogP contribution in [-0.2, 0) is 11.2 Å². The van der Waals surface area contributed by atoms with E-state index in [1.165, 1.54) is 6.07 Å². The van der Waals surface area contributed by atoms with E-state index >= 15 is 0 Å². The van der Waals surface area contributed by atoms with Gasteiger partial charge in [-0.25, -0.2) is 8.78 Å². The molecule has 2 nitrogen and oxygen atoms in total. The molecule has 0 atom stereocenters. The lowest BCUT2D eigenvalue weighted by molar-refractivity contribution is -0.137. The topological polar surface area (TPSA) is 37.3 Å². The van der Waals surface area contributed by atoms with E-state index in [1.54, 1.807) is 13.8 Å². The lowest BCUT2D eigenvalue weighted by Crippen LogP contribution is -2.38. The Morgan fingerprint density at radius 2 is 1.82 bits per heavy atom. The number of carbonyl (C=O) groups excluding carboxylic acids is 1. The molecule has 1 aromatic carbocycles. The number of hydrogen-bond acceptors (Lipinski definition) is 2. The van der Waals surface area contributed by atoms with Crippen LogP contribution in [0.25, 0.3) is 0 Å². The largest absolute Gasteiger partial charge is 0.382 e. The summed E-state index contributed by atoms with van der Waals surface area (Å²) in [5.74, 6) is -2.29. The van der Waals surface area contributed by atoms with E-state index in [4.69, 9.17) is 0 Å². The zero-order valence-electron chi connectivity index (χ0n) is 9.96. The Balaban J connectivity index is 2.84. The smallest absolute Gasteiger partial charge is 0.168 e. The number of rotatable bonds is 5. The van der Waals surface area contributed by atoms with Gasteiger partial charge in [0.15, 0.2) is 17.4 Å². The molecule has 0 radical (unpaired) electrons. The number of aliphatic hydroxyl groups is 1. The monoisotopic (exact) mass is 242 g/mol. The Morgan fingerprint density at radius 3 is 2.29 bits per heavy atom. The highest BCUT2D eigenvalue weighted by Gasteiger charge is 2.31. The van der Waals surface area contributed by atoms with Gasteiger partial charge in [-0.15, -0.1) is 0 Å². The molecule has 0 saturated heterocycles. The van der Waals surface area contributed by atoms with Gasteiger partial charge in [0.05, 0.1) is 0 Å². The number of halogens is 2. The predicted octanol–water partition coefficient (Wildman–Crippen LogP) is 2.63. The van der Waals surface area contributed by atoms with E-state index in [2.05, 4.69) is 0 Å². The molecule has 1 rings (SSSR count). The van der Waals surface area contributed by atoms with E-state index in [9.17, 15) is 18.7 Å². The Bertz CT molecular complexity index is 412. The minimum absolute atomic E-state index is 0.0879. The zero-order chi connectivity index (χ0) is 13.1. The zero-order valence-corrected chi connectivity index (χ0v) is 9.96. The number of Topliss-reactive ketones (excluding diaryl/α,β-unsaturated/α-hetero) is 1. The van der Waals surface area contributed by atoms with Crippen molar-refractivity contribution < 1.29 is 18.7 Å². The second-order valence-corrected chi connectivity index (χ2v) is 4.09. The molecule has 0 saturated carbocycles. The third-order valence-corrected chi connectivity index (χ3v) is 3.04. The van der Waals surface area contributed by atoms with Crippen molar-refractivity contribution in [2.75, 3.05) is 0 Å². The second kappa shape index (κ2) is 5.36. The molecule has 1 aromatic rings. The van der Waals surface area contributed by atoms with Gasteiger partial charge >= 0.3 is 0 Å². The van der Waals surface area contributed by atoms with Gasteiger partial charge < -0.3 is 5.11 Å². The molecule has 17 heavy (non-hydrogen) atoms. The Kier molecular flexibility index (Phi) is 4.34. The van der Waals surface area contributed by atoms with Crippen molar-refractivity contribution in [3.05, 3.63) is 35.4 Å². The summed E-state index contributed by atoms with van der Waals surface area (Å²) in [5, 5.41) is 9.97. The molecule has 0 fully saturated rings. The summed E-state index contributed by atoms with van der Waals surface area (Å²) in [7, 11) is 0. The summed E-state index contributed by atoms with van der Waals surface area (Å²) in [6, 6.07) is 3.32. The third-order valence-electron chi connectivity index (χ3n) is 3.04. The molecule has 0 aliphatic heterocycles. The fraction of sp³-hybridized carbons (Fsp3) is 0.462. The second-order valence-electron chi connectivity index (χ2n) is 4.09.